The molecule has 4 rings (SSSR count). The van der Waals surface area contributed by atoms with Gasteiger partial charge < -0.3 is 14.3 Å². The molecule has 0 fully saturated rings. The minimum atomic E-state index is -0.291. The first-order valence-electron chi connectivity index (χ1n) is 9.25. The fourth-order valence-electron chi connectivity index (χ4n) is 3.26. The van der Waals surface area contributed by atoms with Gasteiger partial charge in [-0.2, -0.15) is 0 Å². The normalized spacial score (nSPS) is 11.3. The van der Waals surface area contributed by atoms with Crippen molar-refractivity contribution in [1.29, 1.82) is 0 Å². The minimum absolute atomic E-state index is 0.0358. The maximum atomic E-state index is 13.2. The summed E-state index contributed by atoms with van der Waals surface area (Å²) in [5, 5.41) is 2.95. The van der Waals surface area contributed by atoms with E-state index < -0.39 is 0 Å². The Balaban J connectivity index is 1.80. The summed E-state index contributed by atoms with van der Waals surface area (Å²) in [4.78, 5) is 12.7. The van der Waals surface area contributed by atoms with Crippen molar-refractivity contribution < 1.29 is 13.6 Å². The molecule has 4 nitrogen and oxygen atoms in total. The predicted molar refractivity (Wildman–Crippen MR) is 108 cm³/mol. The van der Waals surface area contributed by atoms with E-state index in [1.165, 1.54) is 12.1 Å². The smallest absolute Gasteiger partial charge is 0.268 e. The highest BCUT2D eigenvalue weighted by atomic mass is 19.1. The number of carbonyl (C=O) groups is 1. The second kappa shape index (κ2) is 7.35. The van der Waals surface area contributed by atoms with Crippen LogP contribution in [0.4, 0.5) is 4.39 Å². The van der Waals surface area contributed by atoms with Crippen molar-refractivity contribution in [2.45, 2.75) is 26.4 Å². The van der Waals surface area contributed by atoms with Crippen molar-refractivity contribution in [2.24, 2.45) is 0 Å². The van der Waals surface area contributed by atoms with Gasteiger partial charge in [-0.05, 0) is 43.7 Å². The number of furan rings is 1. The molecular formula is C23H21FN2O2. The number of hydrogen-bond acceptors (Lipinski definition) is 2. The van der Waals surface area contributed by atoms with Gasteiger partial charge >= 0.3 is 0 Å². The van der Waals surface area contributed by atoms with Crippen LogP contribution in [0.15, 0.2) is 71.1 Å². The molecule has 0 saturated heterocycles. The van der Waals surface area contributed by atoms with E-state index in [9.17, 15) is 9.18 Å². The number of hydrogen-bond donors (Lipinski definition) is 1. The Bertz CT molecular complexity index is 1110. The standard InChI is InChI=1S/C23H21FN2O2/c1-15(2)25-23(27)20-13-22-19(26(20)14-16-6-4-3-5-7-16)12-21(28-22)17-8-10-18(24)11-9-17/h3-13,15H,14H2,1-2H3,(H,25,27). The lowest BCUT2D eigenvalue weighted by molar-refractivity contribution is 0.0934. The average Bonchev–Trinajstić information content (AvgIpc) is 3.22. The number of halogens is 1. The number of fused-ring (bicyclic) bond motifs is 1. The molecule has 0 atom stereocenters. The molecular weight excluding hydrogens is 355 g/mol. The highest BCUT2D eigenvalue weighted by molar-refractivity contribution is 5.98. The molecule has 5 heteroatoms. The van der Waals surface area contributed by atoms with Crippen molar-refractivity contribution in [3.8, 4) is 11.3 Å². The molecule has 0 aliphatic carbocycles. The molecule has 142 valence electrons. The number of amides is 1. The van der Waals surface area contributed by atoms with Gasteiger partial charge in [-0.15, -0.1) is 0 Å². The van der Waals surface area contributed by atoms with Crippen molar-refractivity contribution in [3.63, 3.8) is 0 Å². The second-order valence-corrected chi connectivity index (χ2v) is 7.10. The van der Waals surface area contributed by atoms with Crippen molar-refractivity contribution in [3.05, 3.63) is 83.8 Å². The lowest BCUT2D eigenvalue weighted by Crippen LogP contribution is -2.31. The molecule has 2 aromatic heterocycles. The summed E-state index contributed by atoms with van der Waals surface area (Å²) < 4.78 is 21.2. The SMILES string of the molecule is CC(C)NC(=O)c1cc2oc(-c3ccc(F)cc3)cc2n1Cc1ccccc1. The van der Waals surface area contributed by atoms with Gasteiger partial charge in [0.25, 0.3) is 5.91 Å². The molecule has 1 N–H and O–H groups in total. The van der Waals surface area contributed by atoms with Crippen LogP contribution in [0.3, 0.4) is 0 Å². The van der Waals surface area contributed by atoms with Crippen LogP contribution < -0.4 is 5.32 Å². The van der Waals surface area contributed by atoms with Gasteiger partial charge in [-0.3, -0.25) is 4.79 Å². The van der Waals surface area contributed by atoms with E-state index in [-0.39, 0.29) is 17.8 Å². The van der Waals surface area contributed by atoms with E-state index in [0.717, 1.165) is 16.6 Å². The summed E-state index contributed by atoms with van der Waals surface area (Å²) in [5.74, 6) is 0.212. The van der Waals surface area contributed by atoms with Crippen LogP contribution in [0.5, 0.6) is 0 Å². The number of benzene rings is 2. The molecule has 1 amide bonds. The Hall–Kier alpha value is -3.34. The van der Waals surface area contributed by atoms with Crippen LogP contribution in [-0.2, 0) is 6.54 Å². The van der Waals surface area contributed by atoms with Crippen LogP contribution in [0, 0.1) is 5.82 Å². The lowest BCUT2D eigenvalue weighted by Gasteiger charge is -2.12. The van der Waals surface area contributed by atoms with Crippen molar-refractivity contribution in [1.82, 2.24) is 9.88 Å². The lowest BCUT2D eigenvalue weighted by atomic mass is 10.2. The number of carbonyl (C=O) groups excluding carboxylic acids is 1. The third-order valence-corrected chi connectivity index (χ3v) is 4.55. The summed E-state index contributed by atoms with van der Waals surface area (Å²) in [6, 6.07) is 19.8. The van der Waals surface area contributed by atoms with E-state index in [1.807, 2.05) is 54.8 Å². The van der Waals surface area contributed by atoms with Gasteiger partial charge in [0.1, 0.15) is 17.3 Å². The first-order valence-corrected chi connectivity index (χ1v) is 9.25. The van der Waals surface area contributed by atoms with E-state index in [1.54, 1.807) is 18.2 Å². The first kappa shape index (κ1) is 18.0. The maximum Gasteiger partial charge on any atom is 0.268 e. The Morgan fingerprint density at radius 2 is 1.79 bits per heavy atom. The predicted octanol–water partition coefficient (Wildman–Crippen LogP) is 5.23. The fourth-order valence-corrected chi connectivity index (χ4v) is 3.26. The summed E-state index contributed by atoms with van der Waals surface area (Å²) in [6.07, 6.45) is 0. The summed E-state index contributed by atoms with van der Waals surface area (Å²) in [6.45, 7) is 4.41. The molecule has 2 aromatic carbocycles. The number of nitrogens with one attached hydrogen (secondary N) is 1. The van der Waals surface area contributed by atoms with Crippen LogP contribution in [0.1, 0.15) is 29.9 Å². The van der Waals surface area contributed by atoms with Crippen molar-refractivity contribution >= 4 is 17.0 Å². The molecule has 0 unspecified atom stereocenters. The highest BCUT2D eigenvalue weighted by Gasteiger charge is 2.20. The molecule has 28 heavy (non-hydrogen) atoms. The molecule has 2 heterocycles. The van der Waals surface area contributed by atoms with Gasteiger partial charge in [-0.1, -0.05) is 30.3 Å². The zero-order chi connectivity index (χ0) is 19.7. The number of nitrogens with zero attached hydrogens (tertiary/aromatic N) is 1. The van der Waals surface area contributed by atoms with Gasteiger partial charge in [0, 0.05) is 30.3 Å². The molecule has 0 saturated carbocycles. The molecule has 0 radical (unpaired) electrons. The van der Waals surface area contributed by atoms with Crippen LogP contribution >= 0.6 is 0 Å². The highest BCUT2D eigenvalue weighted by Crippen LogP contribution is 2.31. The molecule has 0 aliphatic rings. The zero-order valence-electron chi connectivity index (χ0n) is 15.8. The van der Waals surface area contributed by atoms with E-state index in [2.05, 4.69) is 5.32 Å². The molecule has 0 spiro atoms. The van der Waals surface area contributed by atoms with Gasteiger partial charge in [-0.25, -0.2) is 4.39 Å². The molecule has 0 aliphatic heterocycles. The number of rotatable bonds is 5. The maximum absolute atomic E-state index is 13.2. The van der Waals surface area contributed by atoms with E-state index in [4.69, 9.17) is 4.42 Å². The van der Waals surface area contributed by atoms with E-state index in [0.29, 0.717) is 23.6 Å². The third kappa shape index (κ3) is 3.56. The summed E-state index contributed by atoms with van der Waals surface area (Å²) >= 11 is 0. The van der Waals surface area contributed by atoms with Gasteiger partial charge in [0.05, 0.1) is 5.52 Å². The van der Waals surface area contributed by atoms with Crippen LogP contribution in [0.25, 0.3) is 22.4 Å². The van der Waals surface area contributed by atoms with Gasteiger partial charge in [0.2, 0.25) is 0 Å². The first-order chi connectivity index (χ1) is 13.5. The Labute approximate surface area is 162 Å². The van der Waals surface area contributed by atoms with Gasteiger partial charge in [0.15, 0.2) is 5.58 Å². The molecule has 4 aromatic rings. The Morgan fingerprint density at radius 3 is 2.46 bits per heavy atom. The second-order valence-electron chi connectivity index (χ2n) is 7.10. The van der Waals surface area contributed by atoms with Crippen LogP contribution in [0.2, 0.25) is 0 Å². The Morgan fingerprint density at radius 1 is 1.07 bits per heavy atom. The minimum Gasteiger partial charge on any atom is -0.454 e. The summed E-state index contributed by atoms with van der Waals surface area (Å²) in [7, 11) is 0. The quantitative estimate of drug-likeness (QED) is 0.519. The molecule has 0 bridgehead atoms. The van der Waals surface area contributed by atoms with E-state index >= 15 is 0 Å². The third-order valence-electron chi connectivity index (χ3n) is 4.55. The van der Waals surface area contributed by atoms with Crippen LogP contribution in [-0.4, -0.2) is 16.5 Å². The van der Waals surface area contributed by atoms with Crippen molar-refractivity contribution in [2.75, 3.05) is 0 Å². The topological polar surface area (TPSA) is 47.2 Å². The fraction of sp³-hybridized carbons (Fsp3) is 0.174. The zero-order valence-corrected chi connectivity index (χ0v) is 15.8. The Kier molecular flexibility index (Phi) is 4.74. The monoisotopic (exact) mass is 376 g/mol. The summed E-state index contributed by atoms with van der Waals surface area (Å²) in [5.41, 5.74) is 3.89. The largest absolute Gasteiger partial charge is 0.454 e. The average molecular weight is 376 g/mol. The number of aromatic nitrogens is 1.